The summed E-state index contributed by atoms with van der Waals surface area (Å²) in [6.45, 7) is 0. The standard InChI is InChI=1S/C14H13N3O4/c1-17(13(19)10-3-2-4-12(18)16-10)11-6-5-8(15)7-9(11)14(20)21/h2-7H,15H2,1H3,(H,16,18)(H,20,21). The lowest BCUT2D eigenvalue weighted by Crippen LogP contribution is -2.30. The Hall–Kier alpha value is -3.09. The Balaban J connectivity index is 2.45. The van der Waals surface area contributed by atoms with Crippen LogP contribution in [0.2, 0.25) is 0 Å². The molecule has 0 fully saturated rings. The molecule has 0 aliphatic heterocycles. The molecule has 7 nitrogen and oxygen atoms in total. The van der Waals surface area contributed by atoms with Crippen molar-refractivity contribution >= 4 is 23.3 Å². The first kappa shape index (κ1) is 14.3. The lowest BCUT2D eigenvalue weighted by Gasteiger charge is -2.19. The van der Waals surface area contributed by atoms with Crippen molar-refractivity contribution in [3.63, 3.8) is 0 Å². The third kappa shape index (κ3) is 2.92. The zero-order valence-electron chi connectivity index (χ0n) is 11.2. The Morgan fingerprint density at radius 1 is 1.24 bits per heavy atom. The predicted octanol–water partition coefficient (Wildman–Crippen LogP) is 0.932. The van der Waals surface area contributed by atoms with Gasteiger partial charge in [-0.1, -0.05) is 6.07 Å². The first-order chi connectivity index (χ1) is 9.90. The summed E-state index contributed by atoms with van der Waals surface area (Å²) in [6, 6.07) is 8.38. The van der Waals surface area contributed by atoms with Crippen molar-refractivity contribution in [1.82, 2.24) is 4.98 Å². The number of carbonyl (C=O) groups is 2. The number of nitrogen functional groups attached to an aromatic ring is 1. The minimum absolute atomic E-state index is 0.0677. The quantitative estimate of drug-likeness (QED) is 0.726. The monoisotopic (exact) mass is 287 g/mol. The first-order valence-electron chi connectivity index (χ1n) is 6.00. The summed E-state index contributed by atoms with van der Waals surface area (Å²) in [6.07, 6.45) is 0. The maximum absolute atomic E-state index is 12.3. The van der Waals surface area contributed by atoms with Gasteiger partial charge in [0.05, 0.1) is 11.3 Å². The Kier molecular flexibility index (Phi) is 3.75. The molecule has 0 radical (unpaired) electrons. The zero-order chi connectivity index (χ0) is 15.6. The molecule has 1 aromatic carbocycles. The second-order valence-electron chi connectivity index (χ2n) is 4.37. The van der Waals surface area contributed by atoms with Crippen LogP contribution in [0.3, 0.4) is 0 Å². The fourth-order valence-corrected chi connectivity index (χ4v) is 1.88. The largest absolute Gasteiger partial charge is 0.478 e. The number of nitrogens with two attached hydrogens (primary N) is 1. The lowest BCUT2D eigenvalue weighted by molar-refractivity contribution is 0.0698. The topological polar surface area (TPSA) is 116 Å². The van der Waals surface area contributed by atoms with Gasteiger partial charge in [-0.3, -0.25) is 9.59 Å². The van der Waals surface area contributed by atoms with Crippen LogP contribution in [0.4, 0.5) is 11.4 Å². The molecule has 1 aromatic heterocycles. The highest BCUT2D eigenvalue weighted by Crippen LogP contribution is 2.23. The smallest absolute Gasteiger partial charge is 0.337 e. The summed E-state index contributed by atoms with van der Waals surface area (Å²) in [5.74, 6) is -1.72. The van der Waals surface area contributed by atoms with Crippen molar-refractivity contribution < 1.29 is 14.7 Å². The minimum Gasteiger partial charge on any atom is -0.478 e. The van der Waals surface area contributed by atoms with E-state index in [2.05, 4.69) is 4.98 Å². The summed E-state index contributed by atoms with van der Waals surface area (Å²) in [5.41, 5.74) is 5.59. The number of hydrogen-bond acceptors (Lipinski definition) is 4. The zero-order valence-corrected chi connectivity index (χ0v) is 11.2. The van der Waals surface area contributed by atoms with Crippen molar-refractivity contribution in [2.45, 2.75) is 0 Å². The number of carboxylic acid groups (broad SMARTS) is 1. The molecular weight excluding hydrogens is 274 g/mol. The number of anilines is 2. The van der Waals surface area contributed by atoms with E-state index in [-0.39, 0.29) is 22.6 Å². The van der Waals surface area contributed by atoms with Gasteiger partial charge in [0, 0.05) is 18.8 Å². The van der Waals surface area contributed by atoms with Gasteiger partial charge in [0.2, 0.25) is 5.56 Å². The number of benzene rings is 1. The van der Waals surface area contributed by atoms with Gasteiger partial charge in [-0.25, -0.2) is 4.79 Å². The van der Waals surface area contributed by atoms with E-state index in [1.54, 1.807) is 0 Å². The molecule has 1 amide bonds. The van der Waals surface area contributed by atoms with E-state index < -0.39 is 17.4 Å². The van der Waals surface area contributed by atoms with Crippen LogP contribution in [0.1, 0.15) is 20.8 Å². The molecule has 0 aliphatic rings. The van der Waals surface area contributed by atoms with Crippen LogP contribution < -0.4 is 16.2 Å². The van der Waals surface area contributed by atoms with E-state index in [0.29, 0.717) is 0 Å². The third-order valence-corrected chi connectivity index (χ3v) is 2.92. The number of rotatable bonds is 3. The van der Waals surface area contributed by atoms with Crippen molar-refractivity contribution in [3.8, 4) is 0 Å². The number of amides is 1. The molecule has 7 heteroatoms. The molecule has 108 valence electrons. The molecule has 1 heterocycles. The Morgan fingerprint density at radius 2 is 1.95 bits per heavy atom. The van der Waals surface area contributed by atoms with Gasteiger partial charge < -0.3 is 20.7 Å². The van der Waals surface area contributed by atoms with Gasteiger partial charge in [0.1, 0.15) is 5.69 Å². The maximum atomic E-state index is 12.3. The highest BCUT2D eigenvalue weighted by molar-refractivity contribution is 6.08. The van der Waals surface area contributed by atoms with Gasteiger partial charge in [0.15, 0.2) is 0 Å². The SMILES string of the molecule is CN(C(=O)c1cccc(=O)[nH]1)c1ccc(N)cc1C(=O)O. The number of H-pyrrole nitrogens is 1. The number of aromatic amines is 1. The van der Waals surface area contributed by atoms with Crippen LogP contribution in [0.5, 0.6) is 0 Å². The lowest BCUT2D eigenvalue weighted by atomic mass is 10.1. The number of nitrogens with one attached hydrogen (secondary N) is 1. The van der Waals surface area contributed by atoms with Crippen LogP contribution in [0.25, 0.3) is 0 Å². The highest BCUT2D eigenvalue weighted by Gasteiger charge is 2.20. The average molecular weight is 287 g/mol. The molecule has 0 atom stereocenters. The van der Waals surface area contributed by atoms with Crippen molar-refractivity contribution in [3.05, 3.63) is 58.0 Å². The number of aromatic carboxylic acids is 1. The second-order valence-corrected chi connectivity index (χ2v) is 4.37. The van der Waals surface area contributed by atoms with Gasteiger partial charge in [-0.05, 0) is 24.3 Å². The Bertz CT molecular complexity index is 767. The maximum Gasteiger partial charge on any atom is 0.337 e. The van der Waals surface area contributed by atoms with E-state index in [1.807, 2.05) is 0 Å². The summed E-state index contributed by atoms with van der Waals surface area (Å²) < 4.78 is 0. The van der Waals surface area contributed by atoms with E-state index in [4.69, 9.17) is 5.73 Å². The molecular formula is C14H13N3O4. The van der Waals surface area contributed by atoms with Crippen LogP contribution >= 0.6 is 0 Å². The summed E-state index contributed by atoms with van der Waals surface area (Å²) in [7, 11) is 1.42. The van der Waals surface area contributed by atoms with Crippen LogP contribution in [0.15, 0.2) is 41.2 Å². The van der Waals surface area contributed by atoms with Crippen LogP contribution in [0, 0.1) is 0 Å². The first-order valence-corrected chi connectivity index (χ1v) is 6.00. The number of hydrogen-bond donors (Lipinski definition) is 3. The molecule has 0 spiro atoms. The van der Waals surface area contributed by atoms with Crippen LogP contribution in [-0.2, 0) is 0 Å². The number of carboxylic acids is 1. The molecule has 2 aromatic rings. The Labute approximate surface area is 119 Å². The molecule has 0 bridgehead atoms. The number of carbonyl (C=O) groups excluding carboxylic acids is 1. The van der Waals surface area contributed by atoms with Gasteiger partial charge in [-0.15, -0.1) is 0 Å². The van der Waals surface area contributed by atoms with E-state index in [0.717, 1.165) is 4.90 Å². The molecule has 21 heavy (non-hydrogen) atoms. The molecule has 0 saturated carbocycles. The molecule has 0 saturated heterocycles. The van der Waals surface area contributed by atoms with Gasteiger partial charge in [-0.2, -0.15) is 0 Å². The summed E-state index contributed by atoms with van der Waals surface area (Å²) in [5, 5.41) is 9.18. The number of aromatic nitrogens is 1. The van der Waals surface area contributed by atoms with Crippen molar-refractivity contribution in [1.29, 1.82) is 0 Å². The second kappa shape index (κ2) is 5.49. The molecule has 0 unspecified atom stereocenters. The Morgan fingerprint density at radius 3 is 2.57 bits per heavy atom. The minimum atomic E-state index is -1.20. The molecule has 4 N–H and O–H groups in total. The fraction of sp³-hybridized carbons (Fsp3) is 0.0714. The summed E-state index contributed by atoms with van der Waals surface area (Å²) >= 11 is 0. The van der Waals surface area contributed by atoms with E-state index >= 15 is 0 Å². The molecule has 0 aliphatic carbocycles. The fourth-order valence-electron chi connectivity index (χ4n) is 1.88. The highest BCUT2D eigenvalue weighted by atomic mass is 16.4. The predicted molar refractivity (Wildman–Crippen MR) is 77.6 cm³/mol. The number of pyridine rings is 1. The normalized spacial score (nSPS) is 10.1. The van der Waals surface area contributed by atoms with Crippen molar-refractivity contribution in [2.24, 2.45) is 0 Å². The van der Waals surface area contributed by atoms with E-state index in [9.17, 15) is 19.5 Å². The third-order valence-electron chi connectivity index (χ3n) is 2.92. The van der Waals surface area contributed by atoms with Crippen molar-refractivity contribution in [2.75, 3.05) is 17.7 Å². The van der Waals surface area contributed by atoms with E-state index in [1.165, 1.54) is 43.4 Å². The van der Waals surface area contributed by atoms with Gasteiger partial charge >= 0.3 is 5.97 Å². The number of nitrogens with zero attached hydrogens (tertiary/aromatic N) is 1. The average Bonchev–Trinajstić information content (AvgIpc) is 2.45. The molecule has 2 rings (SSSR count). The van der Waals surface area contributed by atoms with Crippen LogP contribution in [-0.4, -0.2) is 29.0 Å². The summed E-state index contributed by atoms with van der Waals surface area (Å²) in [4.78, 5) is 38.3. The van der Waals surface area contributed by atoms with Gasteiger partial charge in [0.25, 0.3) is 5.91 Å².